The molecule has 1 atom stereocenters. The topological polar surface area (TPSA) is 45.6 Å². The highest BCUT2D eigenvalue weighted by atomic mass is 32.1. The number of thiazole rings is 1. The number of β-amino-alcohol motifs (C(OH)–C–C–N with tert-alkyl or cyclic N) is 1. The molecule has 96 valence electrons. The van der Waals surface area contributed by atoms with Crippen molar-refractivity contribution >= 4 is 26.7 Å². The van der Waals surface area contributed by atoms with Crippen molar-refractivity contribution in [1.82, 2.24) is 4.98 Å². The highest BCUT2D eigenvalue weighted by Crippen LogP contribution is 2.31. The number of fused-ring (bicyclic) bond motifs is 1. The summed E-state index contributed by atoms with van der Waals surface area (Å²) in [4.78, 5) is 6.76. The number of ether oxygens (including phenoxy) is 1. The fourth-order valence-electron chi connectivity index (χ4n) is 2.18. The van der Waals surface area contributed by atoms with Gasteiger partial charge in [-0.25, -0.2) is 4.98 Å². The van der Waals surface area contributed by atoms with Gasteiger partial charge in [-0.15, -0.1) is 0 Å². The molecule has 18 heavy (non-hydrogen) atoms. The minimum atomic E-state index is -0.430. The predicted molar refractivity (Wildman–Crippen MR) is 73.4 cm³/mol. The molecule has 0 amide bonds. The van der Waals surface area contributed by atoms with E-state index in [0.29, 0.717) is 19.8 Å². The van der Waals surface area contributed by atoms with Gasteiger partial charge in [0.2, 0.25) is 0 Å². The van der Waals surface area contributed by atoms with Crippen molar-refractivity contribution in [2.75, 3.05) is 31.2 Å². The third kappa shape index (κ3) is 2.21. The molecule has 4 nitrogen and oxygen atoms in total. The standard InChI is InChI=1S/C13H16N2O2S/c1-9-3-2-4-11-12(9)18-13(14-11)15-5-6-17-8-10(16)7-15/h2-4,10,16H,5-8H2,1H3. The number of benzene rings is 1. The Labute approximate surface area is 110 Å². The summed E-state index contributed by atoms with van der Waals surface area (Å²) in [6, 6.07) is 6.17. The van der Waals surface area contributed by atoms with E-state index in [4.69, 9.17) is 4.74 Å². The number of anilines is 1. The van der Waals surface area contributed by atoms with E-state index in [0.717, 1.165) is 17.2 Å². The van der Waals surface area contributed by atoms with E-state index in [1.807, 2.05) is 12.1 Å². The van der Waals surface area contributed by atoms with Gasteiger partial charge < -0.3 is 14.7 Å². The Morgan fingerprint density at radius 3 is 3.22 bits per heavy atom. The van der Waals surface area contributed by atoms with Crippen LogP contribution in [0.25, 0.3) is 10.2 Å². The molecule has 0 aliphatic carbocycles. The average molecular weight is 264 g/mol. The summed E-state index contributed by atoms with van der Waals surface area (Å²) < 4.78 is 6.57. The second-order valence-electron chi connectivity index (χ2n) is 4.59. The first-order chi connectivity index (χ1) is 8.74. The maximum Gasteiger partial charge on any atom is 0.186 e. The summed E-state index contributed by atoms with van der Waals surface area (Å²) in [5.74, 6) is 0. The highest BCUT2D eigenvalue weighted by Gasteiger charge is 2.19. The first-order valence-corrected chi connectivity index (χ1v) is 6.92. The van der Waals surface area contributed by atoms with Gasteiger partial charge in [0, 0.05) is 13.1 Å². The van der Waals surface area contributed by atoms with E-state index in [-0.39, 0.29) is 0 Å². The molecule has 1 aromatic heterocycles. The Hall–Kier alpha value is -1.17. The summed E-state index contributed by atoms with van der Waals surface area (Å²) in [6.45, 7) is 4.55. The lowest BCUT2D eigenvalue weighted by atomic mass is 10.2. The molecule has 0 radical (unpaired) electrons. The summed E-state index contributed by atoms with van der Waals surface area (Å²) in [5.41, 5.74) is 2.29. The molecular weight excluding hydrogens is 248 g/mol. The largest absolute Gasteiger partial charge is 0.389 e. The first kappa shape index (κ1) is 11.9. The summed E-state index contributed by atoms with van der Waals surface area (Å²) in [6.07, 6.45) is -0.430. The van der Waals surface area contributed by atoms with Crippen LogP contribution in [0.4, 0.5) is 5.13 Å². The van der Waals surface area contributed by atoms with Crippen molar-refractivity contribution in [2.45, 2.75) is 13.0 Å². The third-order valence-corrected chi connectivity index (χ3v) is 4.39. The van der Waals surface area contributed by atoms with Crippen LogP contribution in [0.3, 0.4) is 0 Å². The monoisotopic (exact) mass is 264 g/mol. The van der Waals surface area contributed by atoms with Crippen molar-refractivity contribution < 1.29 is 9.84 Å². The molecule has 2 heterocycles. The van der Waals surface area contributed by atoms with Crippen LogP contribution in [0.5, 0.6) is 0 Å². The fourth-order valence-corrected chi connectivity index (χ4v) is 3.25. The molecule has 1 aliphatic rings. The average Bonchev–Trinajstić information content (AvgIpc) is 2.67. The zero-order valence-corrected chi connectivity index (χ0v) is 11.1. The van der Waals surface area contributed by atoms with E-state index >= 15 is 0 Å². The minimum absolute atomic E-state index is 0.417. The predicted octanol–water partition coefficient (Wildman–Crippen LogP) is 1.80. The van der Waals surface area contributed by atoms with Crippen LogP contribution in [-0.2, 0) is 4.74 Å². The molecular formula is C13H16N2O2S. The molecule has 3 rings (SSSR count). The maximum atomic E-state index is 9.76. The molecule has 0 spiro atoms. The van der Waals surface area contributed by atoms with Crippen LogP contribution in [0.1, 0.15) is 5.56 Å². The number of aryl methyl sites for hydroxylation is 1. The van der Waals surface area contributed by atoms with Gasteiger partial charge >= 0.3 is 0 Å². The smallest absolute Gasteiger partial charge is 0.186 e. The number of nitrogens with zero attached hydrogens (tertiary/aromatic N) is 2. The second kappa shape index (κ2) is 4.84. The van der Waals surface area contributed by atoms with Gasteiger partial charge in [0.05, 0.1) is 29.5 Å². The van der Waals surface area contributed by atoms with Crippen LogP contribution < -0.4 is 4.90 Å². The summed E-state index contributed by atoms with van der Waals surface area (Å²) >= 11 is 1.69. The number of hydrogen-bond donors (Lipinski definition) is 1. The lowest BCUT2D eigenvalue weighted by Crippen LogP contribution is -2.32. The van der Waals surface area contributed by atoms with Crippen molar-refractivity contribution in [3.63, 3.8) is 0 Å². The third-order valence-electron chi connectivity index (χ3n) is 3.12. The minimum Gasteiger partial charge on any atom is -0.389 e. The molecule has 1 unspecified atom stereocenters. The zero-order valence-electron chi connectivity index (χ0n) is 10.3. The molecule has 1 fully saturated rings. The fraction of sp³-hybridized carbons (Fsp3) is 0.462. The second-order valence-corrected chi connectivity index (χ2v) is 5.57. The lowest BCUT2D eigenvalue weighted by molar-refractivity contribution is 0.0597. The highest BCUT2D eigenvalue weighted by molar-refractivity contribution is 7.22. The molecule has 5 heteroatoms. The van der Waals surface area contributed by atoms with E-state index in [1.165, 1.54) is 10.3 Å². The molecule has 1 saturated heterocycles. The molecule has 0 saturated carbocycles. The molecule has 0 bridgehead atoms. The SMILES string of the molecule is Cc1cccc2nc(N3CCOCC(O)C3)sc12. The van der Waals surface area contributed by atoms with Crippen molar-refractivity contribution in [3.05, 3.63) is 23.8 Å². The number of aliphatic hydroxyl groups excluding tert-OH is 1. The van der Waals surface area contributed by atoms with Gasteiger partial charge in [-0.1, -0.05) is 23.5 Å². The number of aliphatic hydroxyl groups is 1. The van der Waals surface area contributed by atoms with E-state index in [9.17, 15) is 5.11 Å². The Bertz CT molecular complexity index is 555. The molecule has 2 aromatic rings. The van der Waals surface area contributed by atoms with E-state index < -0.39 is 6.10 Å². The van der Waals surface area contributed by atoms with Gasteiger partial charge in [0.25, 0.3) is 0 Å². The molecule has 1 aromatic carbocycles. The molecule has 1 aliphatic heterocycles. The van der Waals surface area contributed by atoms with Crippen LogP contribution in [0.2, 0.25) is 0 Å². The van der Waals surface area contributed by atoms with E-state index in [1.54, 1.807) is 11.3 Å². The Morgan fingerprint density at radius 2 is 2.39 bits per heavy atom. The number of hydrogen-bond acceptors (Lipinski definition) is 5. The van der Waals surface area contributed by atoms with Crippen molar-refractivity contribution in [3.8, 4) is 0 Å². The lowest BCUT2D eigenvalue weighted by Gasteiger charge is -2.19. The van der Waals surface area contributed by atoms with Gasteiger partial charge in [-0.05, 0) is 18.6 Å². The Morgan fingerprint density at radius 1 is 1.50 bits per heavy atom. The number of rotatable bonds is 1. The van der Waals surface area contributed by atoms with Crippen LogP contribution in [-0.4, -0.2) is 42.5 Å². The molecule has 1 N–H and O–H groups in total. The van der Waals surface area contributed by atoms with Crippen LogP contribution >= 0.6 is 11.3 Å². The number of aromatic nitrogens is 1. The quantitative estimate of drug-likeness (QED) is 0.853. The zero-order chi connectivity index (χ0) is 12.5. The Kier molecular flexibility index (Phi) is 3.20. The van der Waals surface area contributed by atoms with Crippen LogP contribution in [0.15, 0.2) is 18.2 Å². The Balaban J connectivity index is 1.95. The van der Waals surface area contributed by atoms with Gasteiger partial charge in [-0.2, -0.15) is 0 Å². The van der Waals surface area contributed by atoms with Crippen LogP contribution in [0, 0.1) is 6.92 Å². The van der Waals surface area contributed by atoms with Gasteiger partial charge in [0.1, 0.15) is 0 Å². The summed E-state index contributed by atoms with van der Waals surface area (Å²) in [7, 11) is 0. The normalized spacial score (nSPS) is 21.2. The first-order valence-electron chi connectivity index (χ1n) is 6.11. The van der Waals surface area contributed by atoms with Gasteiger partial charge in [-0.3, -0.25) is 0 Å². The van der Waals surface area contributed by atoms with Gasteiger partial charge in [0.15, 0.2) is 5.13 Å². The van der Waals surface area contributed by atoms with Crippen molar-refractivity contribution in [1.29, 1.82) is 0 Å². The van der Waals surface area contributed by atoms with E-state index in [2.05, 4.69) is 22.9 Å². The van der Waals surface area contributed by atoms with Crippen molar-refractivity contribution in [2.24, 2.45) is 0 Å². The summed E-state index contributed by atoms with van der Waals surface area (Å²) in [5, 5.41) is 10.7. The maximum absolute atomic E-state index is 9.76.